The van der Waals surface area contributed by atoms with Gasteiger partial charge in [0, 0.05) is 68.8 Å². The van der Waals surface area contributed by atoms with E-state index in [-0.39, 0.29) is 68.6 Å². The number of methoxy groups -OCH3 is 2. The number of hydrogen-bond donors (Lipinski definition) is 8. The Morgan fingerprint density at radius 1 is 0.688 bits per heavy atom. The van der Waals surface area contributed by atoms with Crippen molar-refractivity contribution in [1.82, 2.24) is 10.5 Å². The molecule has 31 atom stereocenters. The van der Waals surface area contributed by atoms with Crippen molar-refractivity contribution >= 4 is 17.8 Å². The Kier molecular flexibility index (Phi) is 22.1. The van der Waals surface area contributed by atoms with Crippen LogP contribution in [0.5, 0.6) is 0 Å². The first-order chi connectivity index (χ1) is 43.9. The molecule has 7 fully saturated rings. The molecule has 0 aromatic rings. The molecule has 1 saturated carbocycles. The maximum absolute atomic E-state index is 15.7. The van der Waals surface area contributed by atoms with Crippen molar-refractivity contribution in [3.8, 4) is 0 Å². The van der Waals surface area contributed by atoms with E-state index in [0.29, 0.717) is 17.6 Å². The number of amides is 1. The molecule has 0 aromatic carbocycles. The van der Waals surface area contributed by atoms with Gasteiger partial charge in [0.2, 0.25) is 5.78 Å². The van der Waals surface area contributed by atoms with Gasteiger partial charge in [-0.05, 0) is 103 Å². The van der Waals surface area contributed by atoms with Crippen LogP contribution in [-0.2, 0) is 71.2 Å². The summed E-state index contributed by atoms with van der Waals surface area (Å²) in [4.78, 5) is 43.0. The molecule has 4 aliphatic carbocycles. The lowest BCUT2D eigenvalue weighted by atomic mass is 9.49. The van der Waals surface area contributed by atoms with E-state index in [4.69, 9.17) is 61.6 Å². The van der Waals surface area contributed by atoms with Crippen LogP contribution >= 0.6 is 0 Å². The number of fused-ring (bicyclic) bond motifs is 4. The fraction of sp³-hybridized carbons (Fsp3) is 0.806. The number of esters is 1. The zero-order chi connectivity index (χ0) is 67.7. The SMILES string of the molecule is COC(=O)N[C@H]1[C@@H](C)O[C@@H](O[C@H]2C/C=C(/C)[C@@H]3C=C[C@@H]4[C@@H](O[C@H]5C[C@@H](O[C@H]6C[C@@H](O[C@H]7C[C@@H](O)[C@@H](O)[C@H](C)O7)[C@@H](O[C@@H]7C[C@@H](O)[C@@H](OC)[C@H](C)O7)[C@H](C)O6)[C@@H](O)[C@H](C)O5)[C@@H](C)C[C@H](C)[C@H]4[C@]3(C)C(O)=C3C(=O)O[C@]4(C[C@@H](C)C(CO)=C[C@H]4/C=C/2C)C3=O)C[C@]1(C)N([O-])O. The molecule has 0 radical (unpaired) electrons. The van der Waals surface area contributed by atoms with Crippen LogP contribution in [0.4, 0.5) is 4.79 Å². The third kappa shape index (κ3) is 13.9. The predicted octanol–water partition coefficient (Wildman–Crippen LogP) is 5.37. The highest BCUT2D eigenvalue weighted by molar-refractivity contribution is 6.26. The number of nitrogens with one attached hydrogen (secondary N) is 1. The predicted molar refractivity (Wildman–Crippen MR) is 327 cm³/mol. The lowest BCUT2D eigenvalue weighted by Crippen LogP contribution is -2.67. The standard InChI is InChI=1S/C67H101N2O24/c1-29-15-18-45(88-52-27-65(11,69(79)80)60(38(10)87-52)68-64(78)82-14)30(2)20-40-21-39(28-70)33(5)26-67(40)62(76)53(63(77)93-67)61(75)66(12)42(29)17-16-41-54(66)31(3)19-32(4)57(41)91-51-24-46(56(74)35(7)84-51)89-50-25-47(90-48-22-43(71)55(73)34(6)83-48)59(37(9)86-50)92-49-23-44(72)58(81-13)36(8)85-49/h15-17,20-21,31-38,40-52,54-60,70-75,79H,18-19,22-28H2,1-14H3,(H,68,78)/q-1/b29-15-,30-20+,61-53?/t31-,32-,33+,34-,35-,36-,37-,38+,40+,41-,42-,43+,44+,45-,46+,47+,48-,49+,50-,51-,52-,54+,55-,56-,57-,58-,59-,60-,65-,66+,67-/m0/s1. The number of hydroxylamine groups is 2. The number of alkyl carbamates (subject to hydrolysis) is 1. The number of rotatable bonds is 14. The van der Waals surface area contributed by atoms with Gasteiger partial charge in [-0.1, -0.05) is 63.6 Å². The lowest BCUT2D eigenvalue weighted by Gasteiger charge is -2.56. The Hall–Kier alpha value is -3.85. The number of aliphatic hydroxyl groups excluding tert-OH is 6. The van der Waals surface area contributed by atoms with Crippen LogP contribution in [0.1, 0.15) is 134 Å². The van der Waals surface area contributed by atoms with Crippen molar-refractivity contribution in [1.29, 1.82) is 0 Å². The molecule has 0 unspecified atom stereocenters. The number of carbonyl (C=O) groups excluding carboxylic acids is 3. The summed E-state index contributed by atoms with van der Waals surface area (Å²) < 4.78 is 82.1. The normalized spacial score (nSPS) is 49.2. The quantitative estimate of drug-likeness (QED) is 0.0469. The van der Waals surface area contributed by atoms with Gasteiger partial charge in [0.1, 0.15) is 35.7 Å². The molecular formula is C67H101N2O24-. The molecule has 524 valence electrons. The van der Waals surface area contributed by atoms with Gasteiger partial charge < -0.3 is 108 Å². The molecule has 0 aromatic heterocycles. The summed E-state index contributed by atoms with van der Waals surface area (Å²) in [5.41, 5.74) is -3.33. The van der Waals surface area contributed by atoms with Crippen LogP contribution in [-0.4, -0.2) is 220 Å². The Morgan fingerprint density at radius 3 is 1.92 bits per heavy atom. The Balaban J connectivity index is 0.942. The first kappa shape index (κ1) is 71.9. The second-order valence-electron chi connectivity index (χ2n) is 28.6. The van der Waals surface area contributed by atoms with E-state index < -0.39 is 204 Å². The van der Waals surface area contributed by atoms with Crippen LogP contribution in [0.2, 0.25) is 0 Å². The van der Waals surface area contributed by atoms with Gasteiger partial charge in [0.15, 0.2) is 37.1 Å². The second-order valence-corrected chi connectivity index (χ2v) is 28.6. The van der Waals surface area contributed by atoms with Gasteiger partial charge >= 0.3 is 12.1 Å². The monoisotopic (exact) mass is 1320 g/mol. The number of carbonyl (C=O) groups is 3. The maximum Gasteiger partial charge on any atom is 0.407 e. The summed E-state index contributed by atoms with van der Waals surface area (Å²) >= 11 is 0. The van der Waals surface area contributed by atoms with Crippen molar-refractivity contribution in [3.63, 3.8) is 0 Å². The number of Topliss-reactive ketones (excluding diaryl/α,β-unsaturated/α-hetero) is 1. The molecule has 93 heavy (non-hydrogen) atoms. The fourth-order valence-electron chi connectivity index (χ4n) is 17.3. The third-order valence-corrected chi connectivity index (χ3v) is 22.3. The average molecular weight is 1320 g/mol. The topological polar surface area (TPSA) is 351 Å². The first-order valence-electron chi connectivity index (χ1n) is 33.2. The number of hydrogen-bond acceptors (Lipinski definition) is 25. The highest BCUT2D eigenvalue weighted by Gasteiger charge is 2.64. The minimum atomic E-state index is -1.84. The van der Waals surface area contributed by atoms with Gasteiger partial charge in [0.25, 0.3) is 0 Å². The van der Waals surface area contributed by atoms with E-state index in [9.17, 15) is 50.6 Å². The smallest absolute Gasteiger partial charge is 0.407 e. The van der Waals surface area contributed by atoms with Crippen LogP contribution in [0, 0.1) is 52.0 Å². The maximum atomic E-state index is 15.7. The largest absolute Gasteiger partial charge is 0.762 e. The van der Waals surface area contributed by atoms with E-state index in [1.54, 1.807) is 46.8 Å². The summed E-state index contributed by atoms with van der Waals surface area (Å²) in [6.07, 6.45) is -7.74. The molecule has 2 bridgehead atoms. The number of ether oxygens (including phenoxy) is 13. The molecule has 1 spiro atoms. The lowest BCUT2D eigenvalue weighted by molar-refractivity contribution is -0.353. The Labute approximate surface area is 544 Å². The number of nitrogens with zero attached hydrogens (tertiary/aromatic N) is 1. The van der Waals surface area contributed by atoms with Gasteiger partial charge in [-0.25, -0.2) is 9.59 Å². The van der Waals surface area contributed by atoms with Crippen LogP contribution in [0.3, 0.4) is 0 Å². The van der Waals surface area contributed by atoms with Gasteiger partial charge in [-0.2, -0.15) is 0 Å². The van der Waals surface area contributed by atoms with Gasteiger partial charge in [0.05, 0.1) is 92.4 Å². The zero-order valence-corrected chi connectivity index (χ0v) is 55.9. The summed E-state index contributed by atoms with van der Waals surface area (Å²) in [6, 6.07) is -1.03. The summed E-state index contributed by atoms with van der Waals surface area (Å²) in [5.74, 6) is -5.27. The average Bonchev–Trinajstić information content (AvgIpc) is 1.70. The third-order valence-electron chi connectivity index (χ3n) is 22.3. The molecule has 26 nitrogen and oxygen atoms in total. The van der Waals surface area contributed by atoms with E-state index >= 15 is 4.79 Å². The Bertz CT molecular complexity index is 2830. The Morgan fingerprint density at radius 2 is 1.28 bits per heavy atom. The van der Waals surface area contributed by atoms with E-state index in [1.807, 2.05) is 39.8 Å². The van der Waals surface area contributed by atoms with Crippen molar-refractivity contribution in [3.05, 3.63) is 63.6 Å². The highest BCUT2D eigenvalue weighted by Crippen LogP contribution is 2.61. The molecule has 10 aliphatic rings. The first-order valence-corrected chi connectivity index (χ1v) is 33.2. The fourth-order valence-corrected chi connectivity index (χ4v) is 17.3. The number of ketones is 1. The summed E-state index contributed by atoms with van der Waals surface area (Å²) in [7, 11) is 2.68. The zero-order valence-electron chi connectivity index (χ0n) is 55.9. The number of allylic oxidation sites excluding steroid dienone is 3. The van der Waals surface area contributed by atoms with Crippen molar-refractivity contribution in [2.45, 2.75) is 275 Å². The molecule has 1 amide bonds. The molecule has 10 rings (SSSR count). The number of aliphatic hydroxyl groups is 6. The highest BCUT2D eigenvalue weighted by atomic mass is 16.8. The van der Waals surface area contributed by atoms with Gasteiger partial charge in [-0.3, -0.25) is 10.0 Å². The van der Waals surface area contributed by atoms with E-state index in [0.717, 1.165) is 5.57 Å². The van der Waals surface area contributed by atoms with Gasteiger partial charge in [-0.15, -0.1) is 0 Å². The summed E-state index contributed by atoms with van der Waals surface area (Å²) in [5, 5.41) is 94.1. The van der Waals surface area contributed by atoms with E-state index in [2.05, 4.69) is 25.2 Å². The molecule has 8 N–H and O–H groups in total. The van der Waals surface area contributed by atoms with Crippen LogP contribution < -0.4 is 5.32 Å². The minimum Gasteiger partial charge on any atom is -0.762 e. The molecule has 6 saturated heterocycles. The molecular weight excluding hydrogens is 1220 g/mol. The van der Waals surface area contributed by atoms with Crippen molar-refractivity contribution in [2.75, 3.05) is 20.8 Å². The van der Waals surface area contributed by atoms with Crippen molar-refractivity contribution < 1.29 is 112 Å². The van der Waals surface area contributed by atoms with Crippen LogP contribution in [0.15, 0.2) is 58.4 Å². The van der Waals surface area contributed by atoms with Crippen molar-refractivity contribution in [2.24, 2.45) is 46.8 Å². The minimum absolute atomic E-state index is 0.00305. The second kappa shape index (κ2) is 28.5. The van der Waals surface area contributed by atoms with E-state index in [1.165, 1.54) is 21.1 Å². The molecule has 26 heteroatoms. The molecule has 6 heterocycles. The van der Waals surface area contributed by atoms with Crippen LogP contribution in [0.25, 0.3) is 0 Å². The summed E-state index contributed by atoms with van der Waals surface area (Å²) in [6.45, 7) is 21.4. The molecule has 6 aliphatic heterocycles.